The van der Waals surface area contributed by atoms with E-state index in [9.17, 15) is 0 Å². The van der Waals surface area contributed by atoms with Gasteiger partial charge in [0.1, 0.15) is 22.8 Å². The summed E-state index contributed by atoms with van der Waals surface area (Å²) >= 11 is 7.56. The number of aromatic nitrogens is 4. The zero-order valence-corrected chi connectivity index (χ0v) is 30.9. The molecule has 2 aliphatic rings. The summed E-state index contributed by atoms with van der Waals surface area (Å²) in [7, 11) is 3.43. The van der Waals surface area contributed by atoms with E-state index in [2.05, 4.69) is 91.2 Å². The third-order valence-corrected chi connectivity index (χ3v) is 11.3. The van der Waals surface area contributed by atoms with E-state index in [-0.39, 0.29) is 0 Å². The SMILES string of the molecule is COc1ccc(Cn2c3c(c4cc(Br)cnc42)/C(=C2/c4c(n(Cc5ccc(OC)cc5)c5ncc(Br)cc45)CC[C@@H]2C)[C@@H](C)CC3)cc1. The second-order valence-electron chi connectivity index (χ2n) is 13.3. The van der Waals surface area contributed by atoms with E-state index >= 15 is 0 Å². The highest BCUT2D eigenvalue weighted by atomic mass is 79.9. The van der Waals surface area contributed by atoms with Crippen LogP contribution in [0.4, 0.5) is 0 Å². The first-order valence-corrected chi connectivity index (χ1v) is 18.3. The molecule has 48 heavy (non-hydrogen) atoms. The minimum Gasteiger partial charge on any atom is -0.497 e. The first-order chi connectivity index (χ1) is 23.3. The lowest BCUT2D eigenvalue weighted by atomic mass is 9.72. The normalized spacial score (nSPS) is 19.0. The Morgan fingerprint density at radius 1 is 0.646 bits per heavy atom. The van der Waals surface area contributed by atoms with Gasteiger partial charge in [-0.2, -0.15) is 0 Å². The van der Waals surface area contributed by atoms with E-state index in [0.29, 0.717) is 11.8 Å². The molecule has 0 spiro atoms. The summed E-state index contributed by atoms with van der Waals surface area (Å²) in [5.41, 5.74) is 13.0. The Morgan fingerprint density at radius 2 is 1.04 bits per heavy atom. The van der Waals surface area contributed by atoms with Crippen LogP contribution in [0.2, 0.25) is 0 Å². The standard InChI is InChI=1S/C40H38Br2N4O2/c1-23-5-15-33-37(31-17-27(41)19-43-39(31)45(33)21-25-7-11-29(47-3)12-8-25)35(23)36-24(2)6-16-34-38(36)32-18-28(42)20-44-40(32)46(34)22-26-9-13-30(48-4)14-10-26/h7-14,17-20,23-24H,5-6,15-16,21-22H2,1-4H3/b36-35+/t23-,24-/m0/s1. The summed E-state index contributed by atoms with van der Waals surface area (Å²) in [6.45, 7) is 6.38. The van der Waals surface area contributed by atoms with E-state index in [0.717, 1.165) is 70.5 Å². The van der Waals surface area contributed by atoms with Crippen LogP contribution in [0.1, 0.15) is 60.3 Å². The van der Waals surface area contributed by atoms with Crippen LogP contribution in [0.5, 0.6) is 11.5 Å². The van der Waals surface area contributed by atoms with Crippen LogP contribution in [0.25, 0.3) is 33.2 Å². The molecule has 0 saturated heterocycles. The number of hydrogen-bond acceptors (Lipinski definition) is 4. The molecule has 0 bridgehead atoms. The maximum absolute atomic E-state index is 5.45. The van der Waals surface area contributed by atoms with Crippen LogP contribution in [0, 0.1) is 11.8 Å². The van der Waals surface area contributed by atoms with Crippen molar-refractivity contribution >= 4 is 65.1 Å². The molecule has 0 unspecified atom stereocenters. The molecular formula is C40H38Br2N4O2. The van der Waals surface area contributed by atoms with Gasteiger partial charge < -0.3 is 18.6 Å². The minimum absolute atomic E-state index is 0.403. The Balaban J connectivity index is 1.37. The van der Waals surface area contributed by atoms with Gasteiger partial charge in [-0.05, 0) is 128 Å². The molecule has 8 heteroatoms. The summed E-state index contributed by atoms with van der Waals surface area (Å²) in [4.78, 5) is 10.1. The van der Waals surface area contributed by atoms with E-state index < -0.39 is 0 Å². The quantitative estimate of drug-likeness (QED) is 0.169. The zero-order valence-electron chi connectivity index (χ0n) is 27.7. The molecule has 4 aromatic heterocycles. The topological polar surface area (TPSA) is 54.1 Å². The molecule has 6 aromatic rings. The van der Waals surface area contributed by atoms with Crippen LogP contribution >= 0.6 is 31.9 Å². The molecule has 8 rings (SSSR count). The average Bonchev–Trinajstić information content (AvgIpc) is 3.56. The van der Waals surface area contributed by atoms with Crippen LogP contribution in [-0.4, -0.2) is 33.3 Å². The van der Waals surface area contributed by atoms with E-state index in [1.165, 1.54) is 55.6 Å². The number of halogens is 2. The number of hydrogen-bond donors (Lipinski definition) is 0. The zero-order chi connectivity index (χ0) is 33.1. The Labute approximate surface area is 298 Å². The van der Waals surface area contributed by atoms with Gasteiger partial charge in [0.05, 0.1) is 14.2 Å². The summed E-state index contributed by atoms with van der Waals surface area (Å²) in [5.74, 6) is 2.55. The predicted molar refractivity (Wildman–Crippen MR) is 201 cm³/mol. The molecule has 6 nitrogen and oxygen atoms in total. The molecule has 0 aliphatic heterocycles. The van der Waals surface area contributed by atoms with Gasteiger partial charge in [-0.15, -0.1) is 0 Å². The molecule has 2 atom stereocenters. The fraction of sp³-hybridized carbons (Fsp3) is 0.300. The van der Waals surface area contributed by atoms with Crippen LogP contribution < -0.4 is 9.47 Å². The predicted octanol–water partition coefficient (Wildman–Crippen LogP) is 10.1. The monoisotopic (exact) mass is 764 g/mol. The second kappa shape index (κ2) is 12.5. The summed E-state index contributed by atoms with van der Waals surface area (Å²) in [5, 5.41) is 2.45. The van der Waals surface area contributed by atoms with Gasteiger partial charge >= 0.3 is 0 Å². The van der Waals surface area contributed by atoms with Crippen molar-refractivity contribution in [3.05, 3.63) is 116 Å². The number of benzene rings is 2. The molecule has 2 aliphatic carbocycles. The fourth-order valence-corrected chi connectivity index (χ4v) is 8.74. The van der Waals surface area contributed by atoms with Crippen molar-refractivity contribution in [2.75, 3.05) is 14.2 Å². The van der Waals surface area contributed by atoms with E-state index in [1.54, 1.807) is 14.2 Å². The molecule has 0 N–H and O–H groups in total. The number of nitrogens with zero attached hydrogens (tertiary/aromatic N) is 4. The van der Waals surface area contributed by atoms with Crippen molar-refractivity contribution in [1.29, 1.82) is 0 Å². The third-order valence-electron chi connectivity index (χ3n) is 10.4. The first-order valence-electron chi connectivity index (χ1n) is 16.7. The molecule has 0 radical (unpaired) electrons. The third kappa shape index (κ3) is 5.28. The lowest BCUT2D eigenvalue weighted by molar-refractivity contribution is 0.414. The van der Waals surface area contributed by atoms with Crippen molar-refractivity contribution in [2.24, 2.45) is 11.8 Å². The molecule has 2 aromatic carbocycles. The number of pyridine rings is 2. The average molecular weight is 767 g/mol. The Bertz CT molecular complexity index is 2060. The molecule has 0 fully saturated rings. The largest absolute Gasteiger partial charge is 0.497 e. The van der Waals surface area contributed by atoms with Crippen LogP contribution in [-0.2, 0) is 25.9 Å². The maximum Gasteiger partial charge on any atom is 0.141 e. The minimum atomic E-state index is 0.403. The van der Waals surface area contributed by atoms with Gasteiger partial charge in [0.2, 0.25) is 0 Å². The number of allylic oxidation sites excluding steroid dienone is 2. The van der Waals surface area contributed by atoms with Crippen LogP contribution in [0.3, 0.4) is 0 Å². The summed E-state index contributed by atoms with van der Waals surface area (Å²) in [6, 6.07) is 21.4. The number of ether oxygens (including phenoxy) is 2. The number of methoxy groups -OCH3 is 2. The summed E-state index contributed by atoms with van der Waals surface area (Å²) < 4.78 is 17.8. The number of rotatable bonds is 6. The summed E-state index contributed by atoms with van der Waals surface area (Å²) in [6.07, 6.45) is 8.11. The molecular weight excluding hydrogens is 728 g/mol. The molecule has 0 amide bonds. The maximum atomic E-state index is 5.45. The first kappa shape index (κ1) is 31.4. The van der Waals surface area contributed by atoms with Gasteiger partial charge in [-0.3, -0.25) is 0 Å². The lowest BCUT2D eigenvalue weighted by Gasteiger charge is -2.33. The Kier molecular flexibility index (Phi) is 8.20. The van der Waals surface area contributed by atoms with Crippen molar-refractivity contribution in [3.8, 4) is 11.5 Å². The van der Waals surface area contributed by atoms with Gasteiger partial charge in [-0.25, -0.2) is 9.97 Å². The van der Waals surface area contributed by atoms with Crippen LogP contribution in [0.15, 0.2) is 82.0 Å². The van der Waals surface area contributed by atoms with E-state index in [4.69, 9.17) is 19.4 Å². The highest BCUT2D eigenvalue weighted by Gasteiger charge is 2.36. The molecule has 244 valence electrons. The molecule has 4 heterocycles. The highest BCUT2D eigenvalue weighted by Crippen LogP contribution is 2.51. The second-order valence-corrected chi connectivity index (χ2v) is 15.1. The number of fused-ring (bicyclic) bond motifs is 6. The van der Waals surface area contributed by atoms with Gasteiger partial charge in [-0.1, -0.05) is 38.1 Å². The lowest BCUT2D eigenvalue weighted by Crippen LogP contribution is -2.20. The molecule has 0 saturated carbocycles. The van der Waals surface area contributed by atoms with Gasteiger partial charge in [0.25, 0.3) is 0 Å². The van der Waals surface area contributed by atoms with Crippen molar-refractivity contribution in [1.82, 2.24) is 19.1 Å². The van der Waals surface area contributed by atoms with Crippen molar-refractivity contribution in [3.63, 3.8) is 0 Å². The van der Waals surface area contributed by atoms with Gasteiger partial charge in [0, 0.05) is 67.7 Å². The Morgan fingerprint density at radius 3 is 1.42 bits per heavy atom. The van der Waals surface area contributed by atoms with Crippen molar-refractivity contribution < 1.29 is 9.47 Å². The van der Waals surface area contributed by atoms with Crippen molar-refractivity contribution in [2.45, 2.75) is 52.6 Å². The van der Waals surface area contributed by atoms with E-state index in [1.807, 2.05) is 36.7 Å². The smallest absolute Gasteiger partial charge is 0.141 e. The van der Waals surface area contributed by atoms with Gasteiger partial charge in [0.15, 0.2) is 0 Å². The fourth-order valence-electron chi connectivity index (χ4n) is 8.08. The highest BCUT2D eigenvalue weighted by molar-refractivity contribution is 9.10. The Hall–Kier alpha value is -3.88.